The van der Waals surface area contributed by atoms with Crippen molar-refractivity contribution in [3.8, 4) is 6.07 Å². The van der Waals surface area contributed by atoms with Crippen molar-refractivity contribution in [2.24, 2.45) is 0 Å². The molecule has 0 amide bonds. The van der Waals surface area contributed by atoms with Gasteiger partial charge in [0, 0.05) is 10.8 Å². The molecule has 1 fully saturated rings. The summed E-state index contributed by atoms with van der Waals surface area (Å²) >= 11 is 7.04. The van der Waals surface area contributed by atoms with Crippen molar-refractivity contribution in [2.75, 3.05) is 5.75 Å². The Kier molecular flexibility index (Phi) is 4.49. The topological polar surface area (TPSA) is 98.5 Å². The second-order valence-electron chi connectivity index (χ2n) is 4.37. The number of carboxylic acids is 1. The van der Waals surface area contributed by atoms with Crippen LogP contribution in [0.15, 0.2) is 23.1 Å². The third-order valence-electron chi connectivity index (χ3n) is 3.07. The first-order valence-corrected chi connectivity index (χ1v) is 8.73. The number of nitriles is 1. The molecule has 0 spiro atoms. The highest BCUT2D eigenvalue weighted by molar-refractivity contribution is 8.01. The first-order valence-electron chi connectivity index (χ1n) is 5.86. The Bertz CT molecular complexity index is 729. The number of halogens is 1. The molecule has 0 aromatic heterocycles. The molecule has 21 heavy (non-hydrogen) atoms. The lowest BCUT2D eigenvalue weighted by Crippen LogP contribution is -2.44. The molecular weight excluding hydrogens is 336 g/mol. The smallest absolute Gasteiger partial charge is 0.322 e. The van der Waals surface area contributed by atoms with Gasteiger partial charge in [-0.2, -0.15) is 9.57 Å². The van der Waals surface area contributed by atoms with Crippen molar-refractivity contribution in [3.63, 3.8) is 0 Å². The van der Waals surface area contributed by atoms with Crippen LogP contribution in [0.2, 0.25) is 5.02 Å². The van der Waals surface area contributed by atoms with E-state index in [4.69, 9.17) is 16.9 Å². The van der Waals surface area contributed by atoms with Gasteiger partial charge in [-0.15, -0.1) is 11.8 Å². The van der Waals surface area contributed by atoms with Crippen molar-refractivity contribution in [2.45, 2.75) is 23.2 Å². The summed E-state index contributed by atoms with van der Waals surface area (Å²) in [5.74, 6) is -1.05. The number of sulfonamides is 1. The van der Waals surface area contributed by atoms with E-state index in [9.17, 15) is 18.3 Å². The molecule has 2 rings (SSSR count). The number of rotatable bonds is 3. The molecule has 1 aromatic carbocycles. The number of aliphatic carboxylic acids is 1. The average molecular weight is 347 g/mol. The fraction of sp³-hybridized carbons (Fsp3) is 0.333. The molecule has 1 saturated heterocycles. The van der Waals surface area contributed by atoms with E-state index in [0.717, 1.165) is 4.31 Å². The summed E-state index contributed by atoms with van der Waals surface area (Å²) in [5.41, 5.74) is -0.0624. The normalized spacial score (nSPS) is 22.9. The van der Waals surface area contributed by atoms with E-state index in [0.29, 0.717) is 0 Å². The minimum absolute atomic E-state index is 0.0624. The van der Waals surface area contributed by atoms with Crippen LogP contribution in [0.25, 0.3) is 0 Å². The summed E-state index contributed by atoms with van der Waals surface area (Å²) < 4.78 is 26.4. The van der Waals surface area contributed by atoms with Crippen LogP contribution in [-0.4, -0.2) is 41.0 Å². The number of hydrogen-bond acceptors (Lipinski definition) is 5. The Morgan fingerprint density at radius 1 is 1.57 bits per heavy atom. The molecule has 0 radical (unpaired) electrons. The number of carbonyl (C=O) groups is 1. The summed E-state index contributed by atoms with van der Waals surface area (Å²) in [5, 5.41) is 17.9. The van der Waals surface area contributed by atoms with E-state index in [-0.39, 0.29) is 21.2 Å². The largest absolute Gasteiger partial charge is 0.480 e. The summed E-state index contributed by atoms with van der Waals surface area (Å²) in [4.78, 5) is 11.0. The van der Waals surface area contributed by atoms with Gasteiger partial charge in [0.25, 0.3) is 0 Å². The Hall–Kier alpha value is -1.27. The molecule has 112 valence electrons. The number of carboxylic acid groups (broad SMARTS) is 1. The van der Waals surface area contributed by atoms with Gasteiger partial charge in [-0.05, 0) is 25.1 Å². The van der Waals surface area contributed by atoms with Gasteiger partial charge < -0.3 is 5.11 Å². The molecule has 0 saturated carbocycles. The second-order valence-corrected chi connectivity index (χ2v) is 7.97. The van der Waals surface area contributed by atoms with Crippen molar-refractivity contribution < 1.29 is 18.3 Å². The predicted molar refractivity (Wildman–Crippen MR) is 78.5 cm³/mol. The summed E-state index contributed by atoms with van der Waals surface area (Å²) in [6.45, 7) is 1.61. The van der Waals surface area contributed by atoms with E-state index in [1.807, 2.05) is 0 Å². The number of nitrogens with zero attached hydrogens (tertiary/aromatic N) is 2. The molecule has 1 heterocycles. The van der Waals surface area contributed by atoms with E-state index < -0.39 is 27.4 Å². The highest BCUT2D eigenvalue weighted by Gasteiger charge is 2.45. The van der Waals surface area contributed by atoms with Crippen LogP contribution in [0.1, 0.15) is 12.5 Å². The molecule has 2 atom stereocenters. The average Bonchev–Trinajstić information content (AvgIpc) is 2.81. The van der Waals surface area contributed by atoms with Gasteiger partial charge in [-0.3, -0.25) is 4.79 Å². The third kappa shape index (κ3) is 2.87. The minimum atomic E-state index is -4.12. The molecule has 0 aliphatic carbocycles. The van der Waals surface area contributed by atoms with E-state index in [1.54, 1.807) is 13.0 Å². The van der Waals surface area contributed by atoms with Crippen LogP contribution in [0.5, 0.6) is 0 Å². The summed E-state index contributed by atoms with van der Waals surface area (Å²) in [6, 6.07) is 4.53. The zero-order valence-corrected chi connectivity index (χ0v) is 13.2. The highest BCUT2D eigenvalue weighted by Crippen LogP contribution is 2.35. The van der Waals surface area contributed by atoms with Crippen LogP contribution >= 0.6 is 23.4 Å². The molecular formula is C12H11ClN2O4S2. The Labute approximate surface area is 131 Å². The molecule has 6 nitrogen and oxygen atoms in total. The maximum atomic E-state index is 12.7. The van der Waals surface area contributed by atoms with Crippen LogP contribution in [0.3, 0.4) is 0 Å². The SMILES string of the molecule is CC1SCC(C(=O)O)N1S(=O)(=O)c1cc(Cl)ccc1C#N. The summed E-state index contributed by atoms with van der Waals surface area (Å²) in [6.07, 6.45) is 0. The number of hydrogen-bond donors (Lipinski definition) is 1. The third-order valence-corrected chi connectivity index (χ3v) is 6.67. The van der Waals surface area contributed by atoms with E-state index in [2.05, 4.69) is 0 Å². The van der Waals surface area contributed by atoms with E-state index in [1.165, 1.54) is 30.0 Å². The van der Waals surface area contributed by atoms with E-state index >= 15 is 0 Å². The standard InChI is InChI=1S/C12H11ClN2O4S2/c1-7-15(10(6-20-7)12(16)17)21(18,19)11-4-9(13)3-2-8(11)5-14/h2-4,7,10H,6H2,1H3,(H,16,17). The van der Waals surface area contributed by atoms with Crippen LogP contribution < -0.4 is 0 Å². The van der Waals surface area contributed by atoms with Gasteiger partial charge in [0.05, 0.1) is 10.9 Å². The minimum Gasteiger partial charge on any atom is -0.480 e. The Morgan fingerprint density at radius 3 is 2.81 bits per heavy atom. The van der Waals surface area contributed by atoms with Crippen molar-refractivity contribution in [3.05, 3.63) is 28.8 Å². The zero-order valence-electron chi connectivity index (χ0n) is 10.9. The predicted octanol–water partition coefficient (Wildman–Crippen LogP) is 1.75. The molecule has 1 aliphatic heterocycles. The first kappa shape index (κ1) is 16.1. The molecule has 1 N–H and O–H groups in total. The number of benzene rings is 1. The lowest BCUT2D eigenvalue weighted by atomic mass is 10.2. The molecule has 1 aromatic rings. The van der Waals surface area contributed by atoms with Crippen molar-refractivity contribution >= 4 is 39.4 Å². The second kappa shape index (κ2) is 5.85. The highest BCUT2D eigenvalue weighted by atomic mass is 35.5. The molecule has 2 unspecified atom stereocenters. The summed E-state index contributed by atoms with van der Waals surface area (Å²) in [7, 11) is -4.12. The van der Waals surface area contributed by atoms with Crippen molar-refractivity contribution in [1.29, 1.82) is 5.26 Å². The van der Waals surface area contributed by atoms with Gasteiger partial charge in [-0.1, -0.05) is 11.6 Å². The molecule has 0 bridgehead atoms. The Balaban J connectivity index is 2.59. The zero-order chi connectivity index (χ0) is 15.8. The van der Waals surface area contributed by atoms with Gasteiger partial charge in [0.1, 0.15) is 17.0 Å². The lowest BCUT2D eigenvalue weighted by Gasteiger charge is -2.24. The fourth-order valence-electron chi connectivity index (χ4n) is 2.09. The molecule has 9 heteroatoms. The Morgan fingerprint density at radius 2 is 2.24 bits per heavy atom. The van der Waals surface area contributed by atoms with Crippen molar-refractivity contribution in [1.82, 2.24) is 4.31 Å². The number of thioether (sulfide) groups is 1. The van der Waals surface area contributed by atoms with Crippen LogP contribution in [0, 0.1) is 11.3 Å². The maximum absolute atomic E-state index is 12.7. The van der Waals surface area contributed by atoms with Gasteiger partial charge in [-0.25, -0.2) is 8.42 Å². The first-order chi connectivity index (χ1) is 9.78. The lowest BCUT2D eigenvalue weighted by molar-refractivity contribution is -0.140. The maximum Gasteiger partial charge on any atom is 0.322 e. The quantitative estimate of drug-likeness (QED) is 0.895. The fourth-order valence-corrected chi connectivity index (χ4v) is 5.79. The van der Waals surface area contributed by atoms with Gasteiger partial charge in [0.2, 0.25) is 10.0 Å². The molecule has 1 aliphatic rings. The van der Waals surface area contributed by atoms with Crippen LogP contribution in [0.4, 0.5) is 0 Å². The van der Waals surface area contributed by atoms with Crippen LogP contribution in [-0.2, 0) is 14.8 Å². The monoisotopic (exact) mass is 346 g/mol. The van der Waals surface area contributed by atoms with Gasteiger partial charge >= 0.3 is 5.97 Å². The van der Waals surface area contributed by atoms with Gasteiger partial charge in [0.15, 0.2) is 0 Å².